The Bertz CT molecular complexity index is 368. The van der Waals surface area contributed by atoms with E-state index in [2.05, 4.69) is 28.2 Å². The Morgan fingerprint density at radius 2 is 2.24 bits per heavy atom. The van der Waals surface area contributed by atoms with E-state index in [9.17, 15) is 4.79 Å². The van der Waals surface area contributed by atoms with E-state index in [0.717, 1.165) is 29.5 Å². The summed E-state index contributed by atoms with van der Waals surface area (Å²) in [6.45, 7) is 3.55. The second kappa shape index (κ2) is 7.45. The van der Waals surface area contributed by atoms with Crippen LogP contribution in [0, 0.1) is 0 Å². The van der Waals surface area contributed by atoms with Crippen LogP contribution in [0.1, 0.15) is 19.8 Å². The molecule has 1 aromatic carbocycles. The molecule has 0 atom stereocenters. The minimum Gasteiger partial charge on any atom is -0.325 e. The Balaban J connectivity index is 2.39. The van der Waals surface area contributed by atoms with Crippen molar-refractivity contribution >= 4 is 27.5 Å². The number of unbranched alkanes of at least 4 members (excludes halogenated alkanes) is 1. The van der Waals surface area contributed by atoms with Crippen LogP contribution in [0.15, 0.2) is 28.7 Å². The molecule has 1 aromatic rings. The van der Waals surface area contributed by atoms with Gasteiger partial charge >= 0.3 is 0 Å². The molecule has 0 unspecified atom stereocenters. The van der Waals surface area contributed by atoms with Crippen LogP contribution in [0.2, 0.25) is 0 Å². The molecule has 3 nitrogen and oxygen atoms in total. The third-order valence-corrected chi connectivity index (χ3v) is 2.91. The van der Waals surface area contributed by atoms with Crippen LogP contribution in [-0.2, 0) is 4.79 Å². The first kappa shape index (κ1) is 14.2. The standard InChI is InChI=1S/C13H19BrN2O/c1-3-4-8-16(2)10-13(17)15-12-7-5-6-11(14)9-12/h5-7,9H,3-4,8,10H2,1-2H3,(H,15,17). The van der Waals surface area contributed by atoms with Gasteiger partial charge in [-0.1, -0.05) is 35.3 Å². The Morgan fingerprint density at radius 3 is 2.88 bits per heavy atom. The summed E-state index contributed by atoms with van der Waals surface area (Å²) in [5.41, 5.74) is 0.827. The largest absolute Gasteiger partial charge is 0.325 e. The number of hydrogen-bond acceptors (Lipinski definition) is 2. The zero-order chi connectivity index (χ0) is 12.7. The van der Waals surface area contributed by atoms with E-state index in [0.29, 0.717) is 6.54 Å². The SMILES string of the molecule is CCCCN(C)CC(=O)Nc1cccc(Br)c1. The van der Waals surface area contributed by atoms with E-state index in [4.69, 9.17) is 0 Å². The second-order valence-electron chi connectivity index (χ2n) is 4.15. The quantitative estimate of drug-likeness (QED) is 0.875. The van der Waals surface area contributed by atoms with Crippen molar-refractivity contribution in [3.05, 3.63) is 28.7 Å². The zero-order valence-corrected chi connectivity index (χ0v) is 12.0. The van der Waals surface area contributed by atoms with Gasteiger partial charge in [0.15, 0.2) is 0 Å². The van der Waals surface area contributed by atoms with Crippen molar-refractivity contribution in [2.75, 3.05) is 25.5 Å². The normalized spacial score (nSPS) is 10.6. The van der Waals surface area contributed by atoms with Gasteiger partial charge in [-0.15, -0.1) is 0 Å². The molecule has 17 heavy (non-hydrogen) atoms. The minimum absolute atomic E-state index is 0.0294. The zero-order valence-electron chi connectivity index (χ0n) is 10.4. The van der Waals surface area contributed by atoms with Crippen LogP contribution in [0.3, 0.4) is 0 Å². The van der Waals surface area contributed by atoms with Crippen LogP contribution in [0.5, 0.6) is 0 Å². The van der Waals surface area contributed by atoms with Crippen molar-refractivity contribution < 1.29 is 4.79 Å². The smallest absolute Gasteiger partial charge is 0.238 e. The molecule has 0 heterocycles. The van der Waals surface area contributed by atoms with E-state index in [1.165, 1.54) is 0 Å². The predicted molar refractivity (Wildman–Crippen MR) is 75.2 cm³/mol. The van der Waals surface area contributed by atoms with Gasteiger partial charge in [0.05, 0.1) is 6.54 Å². The highest BCUT2D eigenvalue weighted by atomic mass is 79.9. The summed E-state index contributed by atoms with van der Waals surface area (Å²) < 4.78 is 0.967. The maximum Gasteiger partial charge on any atom is 0.238 e. The van der Waals surface area contributed by atoms with E-state index in [-0.39, 0.29) is 5.91 Å². The summed E-state index contributed by atoms with van der Waals surface area (Å²) >= 11 is 3.38. The number of amides is 1. The van der Waals surface area contributed by atoms with Gasteiger partial charge in [-0.05, 0) is 38.2 Å². The first-order valence-corrected chi connectivity index (χ1v) is 6.65. The van der Waals surface area contributed by atoms with Gasteiger partial charge in [-0.3, -0.25) is 9.69 Å². The highest BCUT2D eigenvalue weighted by Crippen LogP contribution is 2.15. The van der Waals surface area contributed by atoms with Crippen molar-refractivity contribution in [3.63, 3.8) is 0 Å². The first-order valence-electron chi connectivity index (χ1n) is 5.85. The van der Waals surface area contributed by atoms with E-state index < -0.39 is 0 Å². The molecular formula is C13H19BrN2O. The molecule has 1 amide bonds. The van der Waals surface area contributed by atoms with Crippen LogP contribution >= 0.6 is 15.9 Å². The summed E-state index contributed by atoms with van der Waals surface area (Å²) in [6, 6.07) is 7.61. The number of rotatable bonds is 6. The van der Waals surface area contributed by atoms with Crippen LogP contribution in [0.25, 0.3) is 0 Å². The molecule has 0 radical (unpaired) electrons. The first-order chi connectivity index (χ1) is 8.11. The van der Waals surface area contributed by atoms with Gasteiger partial charge in [0, 0.05) is 10.2 Å². The molecule has 1 N–H and O–H groups in total. The molecule has 1 rings (SSSR count). The molecule has 0 saturated carbocycles. The number of carbonyl (C=O) groups is 1. The maximum absolute atomic E-state index is 11.7. The molecule has 0 aliphatic heterocycles. The lowest BCUT2D eigenvalue weighted by Crippen LogP contribution is -2.30. The lowest BCUT2D eigenvalue weighted by molar-refractivity contribution is -0.117. The Labute approximate surface area is 111 Å². The van der Waals surface area contributed by atoms with Crippen LogP contribution in [-0.4, -0.2) is 30.9 Å². The number of anilines is 1. The molecule has 0 spiro atoms. The predicted octanol–water partition coefficient (Wildman–Crippen LogP) is 3.12. The summed E-state index contributed by atoms with van der Waals surface area (Å²) in [6.07, 6.45) is 2.28. The summed E-state index contributed by atoms with van der Waals surface area (Å²) in [4.78, 5) is 13.8. The molecular weight excluding hydrogens is 280 g/mol. The number of benzene rings is 1. The van der Waals surface area contributed by atoms with Gasteiger partial charge in [0.2, 0.25) is 5.91 Å². The number of likely N-dealkylation sites (N-methyl/N-ethyl adjacent to an activating group) is 1. The van der Waals surface area contributed by atoms with E-state index in [1.807, 2.05) is 36.2 Å². The molecule has 94 valence electrons. The van der Waals surface area contributed by atoms with Crippen molar-refractivity contribution in [2.24, 2.45) is 0 Å². The highest BCUT2D eigenvalue weighted by Gasteiger charge is 2.06. The lowest BCUT2D eigenvalue weighted by Gasteiger charge is -2.15. The maximum atomic E-state index is 11.7. The van der Waals surface area contributed by atoms with Crippen molar-refractivity contribution in [2.45, 2.75) is 19.8 Å². The van der Waals surface area contributed by atoms with Gasteiger partial charge in [-0.25, -0.2) is 0 Å². The number of nitrogens with one attached hydrogen (secondary N) is 1. The van der Waals surface area contributed by atoms with Crippen LogP contribution < -0.4 is 5.32 Å². The molecule has 0 bridgehead atoms. The van der Waals surface area contributed by atoms with E-state index in [1.54, 1.807) is 0 Å². The number of carbonyl (C=O) groups excluding carboxylic acids is 1. The van der Waals surface area contributed by atoms with Gasteiger partial charge < -0.3 is 5.32 Å². The Kier molecular flexibility index (Phi) is 6.22. The number of hydrogen-bond donors (Lipinski definition) is 1. The number of halogens is 1. The second-order valence-corrected chi connectivity index (χ2v) is 5.07. The summed E-state index contributed by atoms with van der Waals surface area (Å²) in [5.74, 6) is 0.0294. The van der Waals surface area contributed by atoms with Gasteiger partial charge in [0.25, 0.3) is 0 Å². The average Bonchev–Trinajstić information content (AvgIpc) is 2.26. The third-order valence-electron chi connectivity index (χ3n) is 2.42. The molecule has 0 saturated heterocycles. The summed E-state index contributed by atoms with van der Waals surface area (Å²) in [5, 5.41) is 2.88. The molecule has 0 aromatic heterocycles. The third kappa shape index (κ3) is 5.84. The molecule has 0 aliphatic carbocycles. The fourth-order valence-corrected chi connectivity index (χ4v) is 1.92. The van der Waals surface area contributed by atoms with E-state index >= 15 is 0 Å². The highest BCUT2D eigenvalue weighted by molar-refractivity contribution is 9.10. The van der Waals surface area contributed by atoms with Crippen molar-refractivity contribution in [1.29, 1.82) is 0 Å². The molecule has 0 fully saturated rings. The average molecular weight is 299 g/mol. The molecule has 4 heteroatoms. The minimum atomic E-state index is 0.0294. The fraction of sp³-hybridized carbons (Fsp3) is 0.462. The fourth-order valence-electron chi connectivity index (χ4n) is 1.52. The molecule has 0 aliphatic rings. The Hall–Kier alpha value is -0.870. The summed E-state index contributed by atoms with van der Waals surface area (Å²) in [7, 11) is 1.97. The Morgan fingerprint density at radius 1 is 1.47 bits per heavy atom. The van der Waals surface area contributed by atoms with Gasteiger partial charge in [-0.2, -0.15) is 0 Å². The lowest BCUT2D eigenvalue weighted by atomic mass is 10.3. The topological polar surface area (TPSA) is 32.3 Å². The number of nitrogens with zero attached hydrogens (tertiary/aromatic N) is 1. The monoisotopic (exact) mass is 298 g/mol. The van der Waals surface area contributed by atoms with Gasteiger partial charge in [0.1, 0.15) is 0 Å². The van der Waals surface area contributed by atoms with Crippen molar-refractivity contribution in [1.82, 2.24) is 4.90 Å². The van der Waals surface area contributed by atoms with Crippen molar-refractivity contribution in [3.8, 4) is 0 Å². The van der Waals surface area contributed by atoms with Crippen LogP contribution in [0.4, 0.5) is 5.69 Å².